The summed E-state index contributed by atoms with van der Waals surface area (Å²) in [6, 6.07) is 13.2. The van der Waals surface area contributed by atoms with Crippen LogP contribution in [-0.2, 0) is 11.3 Å². The van der Waals surface area contributed by atoms with E-state index in [0.29, 0.717) is 49.9 Å². The molecule has 1 aliphatic rings. The van der Waals surface area contributed by atoms with Crippen molar-refractivity contribution in [1.82, 2.24) is 5.32 Å². The van der Waals surface area contributed by atoms with Crippen molar-refractivity contribution in [1.29, 1.82) is 0 Å². The first kappa shape index (κ1) is 17.1. The van der Waals surface area contributed by atoms with Crippen molar-refractivity contribution in [3.8, 4) is 17.2 Å². The number of carbonyl (C=O) groups is 1. The molecule has 6 nitrogen and oxygen atoms in total. The zero-order chi connectivity index (χ0) is 17.5. The van der Waals surface area contributed by atoms with Crippen molar-refractivity contribution in [2.75, 3.05) is 32.2 Å². The molecule has 0 atom stereocenters. The van der Waals surface area contributed by atoms with E-state index >= 15 is 0 Å². The second-order valence-electron chi connectivity index (χ2n) is 5.65. The Kier molecular flexibility index (Phi) is 5.74. The van der Waals surface area contributed by atoms with Crippen LogP contribution in [0.15, 0.2) is 42.5 Å². The molecular weight excluding hydrogens is 320 g/mol. The number of benzene rings is 2. The van der Waals surface area contributed by atoms with Crippen LogP contribution in [0.5, 0.6) is 17.2 Å². The van der Waals surface area contributed by atoms with Crippen LogP contribution in [0.1, 0.15) is 12.0 Å². The molecule has 6 heteroatoms. The molecule has 0 saturated carbocycles. The van der Waals surface area contributed by atoms with Gasteiger partial charge in [0.2, 0.25) is 5.91 Å². The zero-order valence-electron chi connectivity index (χ0n) is 14.2. The van der Waals surface area contributed by atoms with Gasteiger partial charge in [-0.3, -0.25) is 4.79 Å². The largest absolute Gasteiger partial charge is 0.496 e. The normalized spacial score (nSPS) is 12.5. The van der Waals surface area contributed by atoms with Gasteiger partial charge in [-0.05, 0) is 18.2 Å². The van der Waals surface area contributed by atoms with Gasteiger partial charge in [-0.2, -0.15) is 0 Å². The average molecular weight is 342 g/mol. The Morgan fingerprint density at radius 3 is 2.76 bits per heavy atom. The van der Waals surface area contributed by atoms with E-state index in [2.05, 4.69) is 10.6 Å². The molecule has 0 aliphatic carbocycles. The highest BCUT2D eigenvalue weighted by atomic mass is 16.6. The molecule has 1 aliphatic heterocycles. The van der Waals surface area contributed by atoms with Crippen LogP contribution in [0.4, 0.5) is 5.69 Å². The second-order valence-corrected chi connectivity index (χ2v) is 5.65. The fourth-order valence-electron chi connectivity index (χ4n) is 2.62. The molecule has 25 heavy (non-hydrogen) atoms. The first-order valence-electron chi connectivity index (χ1n) is 8.28. The SMILES string of the molecule is COc1ccccc1CNCCC(=O)Nc1ccc2c(c1)OCCO2. The lowest BCUT2D eigenvalue weighted by atomic mass is 10.2. The maximum absolute atomic E-state index is 12.1. The molecule has 0 fully saturated rings. The Hall–Kier alpha value is -2.73. The number of hydrogen-bond acceptors (Lipinski definition) is 5. The average Bonchev–Trinajstić information content (AvgIpc) is 2.65. The maximum Gasteiger partial charge on any atom is 0.225 e. The lowest BCUT2D eigenvalue weighted by Gasteiger charge is -2.19. The predicted octanol–water partition coefficient (Wildman–Crippen LogP) is 2.58. The Morgan fingerprint density at radius 1 is 1.12 bits per heavy atom. The molecule has 0 unspecified atom stereocenters. The second kappa shape index (κ2) is 8.39. The quantitative estimate of drug-likeness (QED) is 0.757. The summed E-state index contributed by atoms with van der Waals surface area (Å²) in [7, 11) is 1.65. The van der Waals surface area contributed by atoms with Crippen molar-refractivity contribution in [2.24, 2.45) is 0 Å². The Bertz CT molecular complexity index is 733. The highest BCUT2D eigenvalue weighted by Crippen LogP contribution is 2.32. The zero-order valence-corrected chi connectivity index (χ0v) is 14.2. The van der Waals surface area contributed by atoms with Gasteiger partial charge in [0.05, 0.1) is 7.11 Å². The van der Waals surface area contributed by atoms with Crippen LogP contribution in [0, 0.1) is 0 Å². The minimum Gasteiger partial charge on any atom is -0.496 e. The molecule has 0 saturated heterocycles. The van der Waals surface area contributed by atoms with Crippen molar-refractivity contribution in [3.05, 3.63) is 48.0 Å². The van der Waals surface area contributed by atoms with E-state index in [1.165, 1.54) is 0 Å². The number of nitrogens with one attached hydrogen (secondary N) is 2. The van der Waals surface area contributed by atoms with Gasteiger partial charge in [-0.15, -0.1) is 0 Å². The lowest BCUT2D eigenvalue weighted by molar-refractivity contribution is -0.116. The number of anilines is 1. The van der Waals surface area contributed by atoms with E-state index in [4.69, 9.17) is 14.2 Å². The van der Waals surface area contributed by atoms with E-state index in [-0.39, 0.29) is 5.91 Å². The van der Waals surface area contributed by atoms with Crippen LogP contribution >= 0.6 is 0 Å². The van der Waals surface area contributed by atoms with Crippen LogP contribution in [0.25, 0.3) is 0 Å². The minimum atomic E-state index is -0.0517. The first-order valence-corrected chi connectivity index (χ1v) is 8.28. The van der Waals surface area contributed by atoms with E-state index < -0.39 is 0 Å². The van der Waals surface area contributed by atoms with Crippen LogP contribution in [-0.4, -0.2) is 32.8 Å². The molecule has 2 aromatic carbocycles. The van der Waals surface area contributed by atoms with Crippen LogP contribution in [0.2, 0.25) is 0 Å². The molecule has 0 bridgehead atoms. The molecule has 2 N–H and O–H groups in total. The van der Waals surface area contributed by atoms with Gasteiger partial charge in [0.1, 0.15) is 19.0 Å². The number of rotatable bonds is 7. The Labute approximate surface area is 147 Å². The fraction of sp³-hybridized carbons (Fsp3) is 0.316. The molecule has 1 heterocycles. The first-order chi connectivity index (χ1) is 12.3. The Morgan fingerprint density at radius 2 is 1.92 bits per heavy atom. The molecule has 0 radical (unpaired) electrons. The Balaban J connectivity index is 1.44. The lowest BCUT2D eigenvalue weighted by Crippen LogP contribution is -2.22. The van der Waals surface area contributed by atoms with Crippen LogP contribution in [0.3, 0.4) is 0 Å². The third-order valence-electron chi connectivity index (χ3n) is 3.86. The fourth-order valence-corrected chi connectivity index (χ4v) is 2.62. The predicted molar refractivity (Wildman–Crippen MR) is 95.4 cm³/mol. The van der Waals surface area contributed by atoms with Crippen molar-refractivity contribution in [3.63, 3.8) is 0 Å². The highest BCUT2D eigenvalue weighted by Gasteiger charge is 2.12. The number of carbonyl (C=O) groups excluding carboxylic acids is 1. The number of fused-ring (bicyclic) bond motifs is 1. The third kappa shape index (κ3) is 4.64. The van der Waals surface area contributed by atoms with Crippen LogP contribution < -0.4 is 24.8 Å². The molecule has 0 aromatic heterocycles. The summed E-state index contributed by atoms with van der Waals surface area (Å²) in [5.41, 5.74) is 1.77. The summed E-state index contributed by atoms with van der Waals surface area (Å²) < 4.78 is 16.3. The van der Waals surface area contributed by atoms with Gasteiger partial charge >= 0.3 is 0 Å². The van der Waals surface area contributed by atoms with Gasteiger partial charge in [0, 0.05) is 36.8 Å². The molecule has 132 valence electrons. The molecule has 0 spiro atoms. The van der Waals surface area contributed by atoms with Crippen molar-refractivity contribution in [2.45, 2.75) is 13.0 Å². The van der Waals surface area contributed by atoms with Gasteiger partial charge in [-0.25, -0.2) is 0 Å². The topological polar surface area (TPSA) is 68.8 Å². The monoisotopic (exact) mass is 342 g/mol. The molecule has 2 aromatic rings. The smallest absolute Gasteiger partial charge is 0.225 e. The maximum atomic E-state index is 12.1. The third-order valence-corrected chi connectivity index (χ3v) is 3.86. The number of ether oxygens (including phenoxy) is 3. The van der Waals surface area contributed by atoms with Crippen molar-refractivity contribution < 1.29 is 19.0 Å². The summed E-state index contributed by atoms with van der Waals surface area (Å²) in [4.78, 5) is 12.1. The van der Waals surface area contributed by atoms with E-state index in [1.54, 1.807) is 13.2 Å². The van der Waals surface area contributed by atoms with Crippen molar-refractivity contribution >= 4 is 11.6 Å². The molecule has 3 rings (SSSR count). The van der Waals surface area contributed by atoms with E-state index in [0.717, 1.165) is 11.3 Å². The van der Waals surface area contributed by atoms with Gasteiger partial charge in [-0.1, -0.05) is 18.2 Å². The number of amides is 1. The minimum absolute atomic E-state index is 0.0517. The van der Waals surface area contributed by atoms with Gasteiger partial charge in [0.15, 0.2) is 11.5 Å². The molecular formula is C19H22N2O4. The summed E-state index contributed by atoms with van der Waals surface area (Å²) in [6.07, 6.45) is 0.379. The van der Waals surface area contributed by atoms with E-state index in [1.807, 2.05) is 36.4 Å². The standard InChI is InChI=1S/C19H22N2O4/c1-23-16-5-3-2-4-14(16)13-20-9-8-19(22)21-15-6-7-17-18(12-15)25-11-10-24-17/h2-7,12,20H,8-11,13H2,1H3,(H,21,22). The summed E-state index contributed by atoms with van der Waals surface area (Å²) in [5.74, 6) is 2.17. The molecule has 1 amide bonds. The van der Waals surface area contributed by atoms with E-state index in [9.17, 15) is 4.79 Å². The highest BCUT2D eigenvalue weighted by molar-refractivity contribution is 5.91. The van der Waals surface area contributed by atoms with Gasteiger partial charge in [0.25, 0.3) is 0 Å². The number of methoxy groups -OCH3 is 1. The summed E-state index contributed by atoms with van der Waals surface area (Å²) in [5, 5.41) is 6.13. The van der Waals surface area contributed by atoms with Gasteiger partial charge < -0.3 is 24.8 Å². The summed E-state index contributed by atoms with van der Waals surface area (Å²) in [6.45, 7) is 2.31. The number of hydrogen-bond donors (Lipinski definition) is 2. The number of para-hydroxylation sites is 1. The summed E-state index contributed by atoms with van der Waals surface area (Å²) >= 11 is 0.